The molecule has 0 N–H and O–H groups in total. The summed E-state index contributed by atoms with van der Waals surface area (Å²) in [6.07, 6.45) is 0. The third-order valence-electron chi connectivity index (χ3n) is 11.3. The largest absolute Gasteiger partial charge is 0.457 e. The molecule has 4 nitrogen and oxygen atoms in total. The summed E-state index contributed by atoms with van der Waals surface area (Å²) < 4.78 is 6.86. The zero-order valence-corrected chi connectivity index (χ0v) is 30.9. The van der Waals surface area contributed by atoms with Gasteiger partial charge in [-0.2, -0.15) is 0 Å². The highest BCUT2D eigenvalue weighted by molar-refractivity contribution is 6.69. The Bertz CT molecular complexity index is 2810. The van der Waals surface area contributed by atoms with Gasteiger partial charge in [0.25, 0.3) is 0 Å². The summed E-state index contributed by atoms with van der Waals surface area (Å²) >= 11 is 0. The van der Waals surface area contributed by atoms with Crippen LogP contribution < -0.4 is 32.8 Å². The summed E-state index contributed by atoms with van der Waals surface area (Å²) in [5, 5.41) is 4.62. The quantitative estimate of drug-likeness (QED) is 0.254. The van der Waals surface area contributed by atoms with Crippen molar-refractivity contribution < 1.29 is 4.42 Å². The second-order valence-electron chi connectivity index (χ2n) is 14.2. The van der Waals surface area contributed by atoms with Crippen molar-refractivity contribution in [2.24, 2.45) is 0 Å². The van der Waals surface area contributed by atoms with E-state index in [2.05, 4.69) is 114 Å². The number of benzene rings is 7. The summed E-state index contributed by atoms with van der Waals surface area (Å²) in [5.41, 5.74) is 17.2. The Morgan fingerprint density at radius 3 is 1.40 bits per heavy atom. The van der Waals surface area contributed by atoms with Gasteiger partial charge in [-0.1, -0.05) is 120 Å². The van der Waals surface area contributed by atoms with E-state index in [4.69, 9.17) is 19.4 Å². The van der Waals surface area contributed by atoms with E-state index < -0.39 is 0 Å². The van der Waals surface area contributed by atoms with E-state index in [1.54, 1.807) is 0 Å². The van der Waals surface area contributed by atoms with Gasteiger partial charge in [-0.25, -0.2) is 15.0 Å². The Morgan fingerprint density at radius 2 is 0.849 bits per heavy atom. The van der Waals surface area contributed by atoms with Gasteiger partial charge < -0.3 is 4.42 Å². The second-order valence-corrected chi connectivity index (χ2v) is 14.2. The number of nitrogens with zero attached hydrogens (tertiary/aromatic N) is 3. The van der Waals surface area contributed by atoms with Crippen LogP contribution in [0.2, 0.25) is 0 Å². The summed E-state index contributed by atoms with van der Waals surface area (Å²) in [5.74, 6) is 1.93. The number of hydrogen-bond donors (Lipinski definition) is 0. The molecule has 53 heavy (non-hydrogen) atoms. The van der Waals surface area contributed by atoms with Crippen molar-refractivity contribution in [3.63, 3.8) is 0 Å². The van der Waals surface area contributed by atoms with Crippen molar-refractivity contribution in [1.82, 2.24) is 15.0 Å². The third-order valence-corrected chi connectivity index (χ3v) is 11.3. The van der Waals surface area contributed by atoms with E-state index in [0.717, 1.165) is 55.2 Å². The summed E-state index contributed by atoms with van der Waals surface area (Å²) in [4.78, 5) is 14.9. The van der Waals surface area contributed by atoms with E-state index in [1.807, 2.05) is 60.7 Å². The molecule has 0 spiro atoms. The van der Waals surface area contributed by atoms with Crippen LogP contribution >= 0.6 is 0 Å². The maximum absolute atomic E-state index is 6.86. The lowest BCUT2D eigenvalue weighted by atomic mass is 9.59. The molecule has 0 aliphatic rings. The Labute approximate surface area is 314 Å². The maximum Gasteiger partial charge on any atom is 0.164 e. The van der Waals surface area contributed by atoms with Crippen molar-refractivity contribution in [2.75, 3.05) is 0 Å². The first-order valence-electron chi connectivity index (χ1n) is 18.2. The van der Waals surface area contributed by atoms with Gasteiger partial charge in [0.2, 0.25) is 0 Å². The van der Waals surface area contributed by atoms with Crippen molar-refractivity contribution in [3.8, 4) is 56.4 Å². The van der Waals surface area contributed by atoms with Crippen LogP contribution in [0, 0.1) is 0 Å². The molecule has 0 fully saturated rings. The molecule has 0 atom stereocenters. The zero-order valence-electron chi connectivity index (χ0n) is 30.9. The van der Waals surface area contributed by atoms with Crippen LogP contribution in [0.1, 0.15) is 0 Å². The Kier molecular flexibility index (Phi) is 8.00. The number of fused-ring (bicyclic) bond motifs is 4. The molecule has 2 heterocycles. The Balaban J connectivity index is 1.27. The first-order valence-corrected chi connectivity index (χ1v) is 18.2. The number of furan rings is 1. The average Bonchev–Trinajstić information content (AvgIpc) is 3.58. The van der Waals surface area contributed by atoms with Crippen LogP contribution in [0.4, 0.5) is 0 Å². The van der Waals surface area contributed by atoms with Gasteiger partial charge in [-0.3, -0.25) is 0 Å². The minimum atomic E-state index is 0.635. The number of rotatable bonds is 5. The van der Waals surface area contributed by atoms with Crippen LogP contribution in [0.3, 0.4) is 0 Å². The lowest BCUT2D eigenvalue weighted by Crippen LogP contribution is -2.55. The van der Waals surface area contributed by atoms with E-state index in [-0.39, 0.29) is 0 Å². The average molecular weight is 673 g/mol. The van der Waals surface area contributed by atoms with Crippen LogP contribution in [0.15, 0.2) is 132 Å². The highest BCUT2D eigenvalue weighted by Crippen LogP contribution is 2.40. The standard InChI is InChI=1S/C43H33B6N3O/c44-34-30(33-35(45)37(47)39(49)38(48)36(33)46)21-28(32-29-19-26-13-7-8-14-27(26)20-31(29)53-40(32)34)22-15-17-25(18-16-22)43-51-41(23-9-3-1-4-10-23)50-42(52-43)24-11-5-2-6-12-24/h1-21H,44-49H2. The summed E-state index contributed by atoms with van der Waals surface area (Å²) in [6.45, 7) is 0. The lowest BCUT2D eigenvalue weighted by molar-refractivity contribution is 0.672. The van der Waals surface area contributed by atoms with Crippen LogP contribution in [0.5, 0.6) is 0 Å². The first kappa shape index (κ1) is 32.9. The van der Waals surface area contributed by atoms with Gasteiger partial charge in [-0.05, 0) is 56.7 Å². The molecule has 244 valence electrons. The molecule has 0 unspecified atom stereocenters. The van der Waals surface area contributed by atoms with Crippen molar-refractivity contribution in [2.45, 2.75) is 0 Å². The fourth-order valence-corrected chi connectivity index (χ4v) is 7.89. The fraction of sp³-hybridized carbons (Fsp3) is 0. The molecule has 2 aromatic heterocycles. The van der Waals surface area contributed by atoms with Crippen LogP contribution in [-0.4, -0.2) is 62.0 Å². The molecule has 0 aliphatic carbocycles. The molecule has 9 rings (SSSR count). The van der Waals surface area contributed by atoms with Gasteiger partial charge in [0.1, 0.15) is 58.2 Å². The monoisotopic (exact) mass is 673 g/mol. The van der Waals surface area contributed by atoms with Crippen molar-refractivity contribution >= 4 is 113 Å². The Hall–Kier alpha value is -6.00. The third kappa shape index (κ3) is 5.52. The Morgan fingerprint density at radius 1 is 0.396 bits per heavy atom. The molecule has 0 bridgehead atoms. The molecule has 7 aromatic carbocycles. The summed E-state index contributed by atoms with van der Waals surface area (Å²) in [6, 6.07) is 44.2. The molecule has 0 saturated heterocycles. The smallest absolute Gasteiger partial charge is 0.164 e. The van der Waals surface area contributed by atoms with E-state index in [1.165, 1.54) is 49.2 Å². The predicted molar refractivity (Wildman–Crippen MR) is 241 cm³/mol. The van der Waals surface area contributed by atoms with E-state index in [9.17, 15) is 0 Å². The second kappa shape index (κ2) is 12.9. The fourth-order valence-electron chi connectivity index (χ4n) is 7.89. The highest BCUT2D eigenvalue weighted by Gasteiger charge is 2.22. The predicted octanol–water partition coefficient (Wildman–Crippen LogP) is 0.810. The number of hydrogen-bond acceptors (Lipinski definition) is 4. The molecular weight excluding hydrogens is 639 g/mol. The van der Waals surface area contributed by atoms with Crippen LogP contribution in [0.25, 0.3) is 89.1 Å². The SMILES string of the molecule is Bc1c(B)c(B)c(-c2cc(-c3ccc(-c4nc(-c5ccccc5)nc(-c5ccccc5)n4)cc3)c3c(oc4cc5ccccc5cc43)c2B)c(B)c1B. The van der Waals surface area contributed by atoms with Gasteiger partial charge in [0, 0.05) is 27.5 Å². The van der Waals surface area contributed by atoms with Gasteiger partial charge >= 0.3 is 0 Å². The minimum absolute atomic E-state index is 0.635. The molecule has 0 radical (unpaired) electrons. The molecule has 0 saturated carbocycles. The molecule has 0 aliphatic heterocycles. The van der Waals surface area contributed by atoms with E-state index >= 15 is 0 Å². The van der Waals surface area contributed by atoms with E-state index in [0.29, 0.717) is 17.5 Å². The van der Waals surface area contributed by atoms with Gasteiger partial charge in [0.15, 0.2) is 17.5 Å². The molecular formula is C43H33B6N3O. The topological polar surface area (TPSA) is 51.8 Å². The molecule has 10 heteroatoms. The number of aromatic nitrogens is 3. The maximum atomic E-state index is 6.86. The summed E-state index contributed by atoms with van der Waals surface area (Å²) in [7, 11) is 13.5. The zero-order chi connectivity index (χ0) is 36.4. The lowest BCUT2D eigenvalue weighted by Gasteiger charge is -2.22. The normalized spacial score (nSPS) is 11.5. The highest BCUT2D eigenvalue weighted by atomic mass is 16.3. The molecule has 9 aromatic rings. The first-order chi connectivity index (χ1) is 25.8. The molecule has 0 amide bonds. The van der Waals surface area contributed by atoms with Crippen LogP contribution in [-0.2, 0) is 0 Å². The van der Waals surface area contributed by atoms with Crippen molar-refractivity contribution in [3.05, 3.63) is 127 Å². The van der Waals surface area contributed by atoms with Crippen molar-refractivity contribution in [1.29, 1.82) is 0 Å². The van der Waals surface area contributed by atoms with Gasteiger partial charge in [-0.15, -0.1) is 16.4 Å². The minimum Gasteiger partial charge on any atom is -0.457 e. The van der Waals surface area contributed by atoms with Gasteiger partial charge in [0.05, 0.1) is 0 Å².